The van der Waals surface area contributed by atoms with Gasteiger partial charge in [-0.05, 0) is 43.2 Å². The van der Waals surface area contributed by atoms with Crippen molar-refractivity contribution in [2.24, 2.45) is 0 Å². The van der Waals surface area contributed by atoms with Gasteiger partial charge in [-0.15, -0.1) is 0 Å². The topological polar surface area (TPSA) is 123 Å². The molecule has 10 heteroatoms. The Morgan fingerprint density at radius 2 is 1.78 bits per heavy atom. The highest BCUT2D eigenvalue weighted by Gasteiger charge is 2.24. The van der Waals surface area contributed by atoms with Gasteiger partial charge in [0, 0.05) is 0 Å². The van der Waals surface area contributed by atoms with E-state index in [0.29, 0.717) is 16.8 Å². The minimum absolute atomic E-state index is 0.0969. The molecule has 2 heterocycles. The lowest BCUT2D eigenvalue weighted by molar-refractivity contribution is 0.102. The van der Waals surface area contributed by atoms with Gasteiger partial charge in [0.15, 0.2) is 16.9 Å². The zero-order valence-corrected chi connectivity index (χ0v) is 18.4. The van der Waals surface area contributed by atoms with Crippen LogP contribution in [0.1, 0.15) is 21.5 Å². The molecule has 4 rings (SSSR count). The number of nitrogens with zero attached hydrogens (tertiary/aromatic N) is 2. The quantitative estimate of drug-likeness (QED) is 0.455. The van der Waals surface area contributed by atoms with Gasteiger partial charge in [0.05, 0.1) is 30.2 Å². The fourth-order valence-corrected chi connectivity index (χ4v) is 4.63. The fourth-order valence-electron chi connectivity index (χ4n) is 3.28. The highest BCUT2D eigenvalue weighted by atomic mass is 32.2. The molecule has 0 saturated carbocycles. The number of carbonyl (C=O) groups is 1. The summed E-state index contributed by atoms with van der Waals surface area (Å²) in [7, 11) is -2.74. The number of oxazole rings is 1. The number of hydrogen-bond donors (Lipinski definition) is 2. The van der Waals surface area contributed by atoms with Crippen molar-refractivity contribution < 1.29 is 22.4 Å². The second kappa shape index (κ2) is 8.31. The van der Waals surface area contributed by atoms with E-state index in [1.165, 1.54) is 25.8 Å². The summed E-state index contributed by atoms with van der Waals surface area (Å²) >= 11 is 0. The minimum atomic E-state index is -4.07. The maximum Gasteiger partial charge on any atom is 0.267 e. The van der Waals surface area contributed by atoms with E-state index in [0.717, 1.165) is 11.1 Å². The molecule has 0 fully saturated rings. The lowest BCUT2D eigenvalue weighted by Crippen LogP contribution is -2.18. The molecule has 0 aliphatic rings. The molecule has 0 spiro atoms. The second-order valence-corrected chi connectivity index (χ2v) is 8.71. The molecule has 2 aromatic heterocycles. The first-order chi connectivity index (χ1) is 15.3. The van der Waals surface area contributed by atoms with Gasteiger partial charge >= 0.3 is 0 Å². The fraction of sp³-hybridized carbons (Fsp3) is 0.136. The van der Waals surface area contributed by atoms with E-state index in [1.54, 1.807) is 18.2 Å². The molecule has 0 radical (unpaired) electrons. The summed E-state index contributed by atoms with van der Waals surface area (Å²) in [4.78, 5) is 20.7. The predicted molar refractivity (Wildman–Crippen MR) is 119 cm³/mol. The zero-order valence-electron chi connectivity index (χ0n) is 17.5. The van der Waals surface area contributed by atoms with Gasteiger partial charge in [0.2, 0.25) is 5.88 Å². The number of benzene rings is 2. The number of pyridine rings is 1. The van der Waals surface area contributed by atoms with Gasteiger partial charge in [-0.3, -0.25) is 9.52 Å². The van der Waals surface area contributed by atoms with Crippen LogP contribution in [-0.2, 0) is 10.0 Å². The number of aromatic nitrogens is 2. The van der Waals surface area contributed by atoms with Gasteiger partial charge in [-0.2, -0.15) is 0 Å². The van der Waals surface area contributed by atoms with Gasteiger partial charge in [-0.25, -0.2) is 18.4 Å². The molecule has 0 aliphatic heterocycles. The summed E-state index contributed by atoms with van der Waals surface area (Å²) in [6.45, 7) is 3.61. The van der Waals surface area contributed by atoms with Gasteiger partial charge in [0.1, 0.15) is 5.52 Å². The van der Waals surface area contributed by atoms with Crippen LogP contribution in [0.25, 0.3) is 11.1 Å². The third kappa shape index (κ3) is 4.00. The number of methoxy groups -OCH3 is 1. The molecule has 0 atom stereocenters. The molecule has 1 amide bonds. The molecular formula is C22H20N4O5S. The summed E-state index contributed by atoms with van der Waals surface area (Å²) in [5.41, 5.74) is 3.34. The summed E-state index contributed by atoms with van der Waals surface area (Å²) in [6, 6.07) is 11.7. The summed E-state index contributed by atoms with van der Waals surface area (Å²) in [5.74, 6) is -0.581. The Morgan fingerprint density at radius 3 is 2.50 bits per heavy atom. The van der Waals surface area contributed by atoms with Crippen LogP contribution in [0, 0.1) is 13.8 Å². The second-order valence-electron chi connectivity index (χ2n) is 7.06. The lowest BCUT2D eigenvalue weighted by atomic mass is 10.1. The molecule has 0 saturated heterocycles. The number of amides is 1. The van der Waals surface area contributed by atoms with Crippen molar-refractivity contribution in [2.45, 2.75) is 18.7 Å². The molecule has 164 valence electrons. The first kappa shape index (κ1) is 21.3. The Balaban J connectivity index is 1.68. The zero-order chi connectivity index (χ0) is 22.9. The van der Waals surface area contributed by atoms with Crippen LogP contribution in [-0.4, -0.2) is 31.4 Å². The monoisotopic (exact) mass is 452 g/mol. The maximum absolute atomic E-state index is 13.2. The molecule has 32 heavy (non-hydrogen) atoms. The SMILES string of the molecule is COc1ncc(NC(=O)c2cccc3ocnc23)cc1S(=O)(=O)Nc1c(C)cccc1C. The molecular weight excluding hydrogens is 432 g/mol. The van der Waals surface area contributed by atoms with E-state index in [-0.39, 0.29) is 22.0 Å². The van der Waals surface area contributed by atoms with Crippen LogP contribution >= 0.6 is 0 Å². The normalized spacial score (nSPS) is 11.3. The first-order valence-electron chi connectivity index (χ1n) is 9.57. The van der Waals surface area contributed by atoms with Gasteiger partial charge in [0.25, 0.3) is 15.9 Å². The lowest BCUT2D eigenvalue weighted by Gasteiger charge is -2.15. The van der Waals surface area contributed by atoms with Crippen molar-refractivity contribution in [2.75, 3.05) is 17.1 Å². The molecule has 0 unspecified atom stereocenters. The number of carbonyl (C=O) groups excluding carboxylic acids is 1. The molecule has 2 N–H and O–H groups in total. The number of para-hydroxylation sites is 2. The third-order valence-corrected chi connectivity index (χ3v) is 6.23. The Morgan fingerprint density at radius 1 is 1.06 bits per heavy atom. The van der Waals surface area contributed by atoms with E-state index in [2.05, 4.69) is 20.0 Å². The number of anilines is 2. The molecule has 0 aliphatic carbocycles. The van der Waals surface area contributed by atoms with Crippen molar-refractivity contribution in [3.8, 4) is 5.88 Å². The number of ether oxygens (including phenoxy) is 1. The highest BCUT2D eigenvalue weighted by molar-refractivity contribution is 7.92. The number of nitrogens with one attached hydrogen (secondary N) is 2. The average molecular weight is 452 g/mol. The molecule has 2 aromatic carbocycles. The predicted octanol–water partition coefficient (Wildman–Crippen LogP) is 3.90. The van der Waals surface area contributed by atoms with E-state index < -0.39 is 15.9 Å². The van der Waals surface area contributed by atoms with Crippen LogP contribution in [0.2, 0.25) is 0 Å². The summed E-state index contributed by atoms with van der Waals surface area (Å²) < 4.78 is 39.3. The maximum atomic E-state index is 13.2. The average Bonchev–Trinajstić information content (AvgIpc) is 3.25. The number of rotatable bonds is 6. The smallest absolute Gasteiger partial charge is 0.267 e. The van der Waals surface area contributed by atoms with Crippen molar-refractivity contribution in [3.05, 3.63) is 71.7 Å². The number of sulfonamides is 1. The van der Waals surface area contributed by atoms with Crippen LogP contribution in [0.15, 0.2) is 64.4 Å². The Labute approximate surface area is 184 Å². The number of aryl methyl sites for hydroxylation is 2. The largest absolute Gasteiger partial charge is 0.480 e. The van der Waals surface area contributed by atoms with Crippen molar-refractivity contribution in [1.82, 2.24) is 9.97 Å². The molecule has 4 aromatic rings. The molecule has 9 nitrogen and oxygen atoms in total. The van der Waals surface area contributed by atoms with Crippen molar-refractivity contribution in [1.29, 1.82) is 0 Å². The van der Waals surface area contributed by atoms with Crippen molar-refractivity contribution in [3.63, 3.8) is 0 Å². The Hall–Kier alpha value is -3.92. The van der Waals surface area contributed by atoms with Crippen LogP contribution < -0.4 is 14.8 Å². The Kier molecular flexibility index (Phi) is 5.54. The Bertz CT molecular complexity index is 1410. The third-order valence-electron chi connectivity index (χ3n) is 4.88. The van der Waals surface area contributed by atoms with Gasteiger partial charge in [-0.1, -0.05) is 24.3 Å². The highest BCUT2D eigenvalue weighted by Crippen LogP contribution is 2.29. The summed E-state index contributed by atoms with van der Waals surface area (Å²) in [6.07, 6.45) is 2.57. The van der Waals surface area contributed by atoms with E-state index in [9.17, 15) is 13.2 Å². The standard InChI is InChI=1S/C22H20N4O5S/c1-13-6-4-7-14(2)19(13)26-32(28,29)18-10-15(11-23-22(18)30-3)25-21(27)16-8-5-9-17-20(16)24-12-31-17/h4-12,26H,1-3H3,(H,25,27). The molecule has 0 bridgehead atoms. The van der Waals surface area contributed by atoms with E-state index in [4.69, 9.17) is 9.15 Å². The number of hydrogen-bond acceptors (Lipinski definition) is 7. The summed E-state index contributed by atoms with van der Waals surface area (Å²) in [5, 5.41) is 2.66. The van der Waals surface area contributed by atoms with Gasteiger partial charge < -0.3 is 14.5 Å². The van der Waals surface area contributed by atoms with Crippen LogP contribution in [0.5, 0.6) is 5.88 Å². The minimum Gasteiger partial charge on any atom is -0.480 e. The van der Waals surface area contributed by atoms with Crippen LogP contribution in [0.3, 0.4) is 0 Å². The van der Waals surface area contributed by atoms with E-state index >= 15 is 0 Å². The first-order valence-corrected chi connectivity index (χ1v) is 11.0. The number of fused-ring (bicyclic) bond motifs is 1. The van der Waals surface area contributed by atoms with Crippen molar-refractivity contribution >= 4 is 38.4 Å². The van der Waals surface area contributed by atoms with Crippen LogP contribution in [0.4, 0.5) is 11.4 Å². The van der Waals surface area contributed by atoms with E-state index in [1.807, 2.05) is 32.0 Å².